The molecule has 2 nitrogen and oxygen atoms in total. The van der Waals surface area contributed by atoms with Gasteiger partial charge in [-0.15, -0.1) is 0 Å². The molecule has 0 saturated heterocycles. The zero-order valence-corrected chi connectivity index (χ0v) is 14.7. The molecule has 0 aliphatic carbocycles. The Kier molecular flexibility index (Phi) is 6.37. The van der Waals surface area contributed by atoms with Crippen molar-refractivity contribution in [1.82, 2.24) is 5.32 Å². The molecule has 0 bridgehead atoms. The smallest absolute Gasteiger partial charge is 0.134 e. The quantitative estimate of drug-likeness (QED) is 0.710. The lowest BCUT2D eigenvalue weighted by atomic mass is 10.2. The number of halogens is 3. The molecule has 0 aromatic heterocycles. The van der Waals surface area contributed by atoms with Crippen LogP contribution in [0.2, 0.25) is 10.0 Å². The van der Waals surface area contributed by atoms with Gasteiger partial charge < -0.3 is 10.1 Å². The summed E-state index contributed by atoms with van der Waals surface area (Å²) in [7, 11) is 0. The Labute approximate surface area is 143 Å². The molecule has 2 aromatic rings. The van der Waals surface area contributed by atoms with E-state index in [1.165, 1.54) is 5.56 Å². The molecule has 0 heterocycles. The largest absolute Gasteiger partial charge is 0.488 e. The maximum atomic E-state index is 6.13. The summed E-state index contributed by atoms with van der Waals surface area (Å²) >= 11 is 15.5. The Morgan fingerprint density at radius 2 is 1.95 bits per heavy atom. The van der Waals surface area contributed by atoms with E-state index < -0.39 is 0 Å². The number of ether oxygens (including phenoxy) is 1. The molecule has 0 aliphatic rings. The van der Waals surface area contributed by atoms with Gasteiger partial charge in [-0.25, -0.2) is 0 Å². The molecule has 0 aliphatic heterocycles. The lowest BCUT2D eigenvalue weighted by Gasteiger charge is -2.11. The van der Waals surface area contributed by atoms with Crippen LogP contribution in [0.5, 0.6) is 5.75 Å². The second-order valence-corrected chi connectivity index (χ2v) is 6.27. The van der Waals surface area contributed by atoms with Gasteiger partial charge in [-0.05, 0) is 52.3 Å². The number of benzene rings is 2. The van der Waals surface area contributed by atoms with Crippen LogP contribution in [0.15, 0.2) is 40.9 Å². The van der Waals surface area contributed by atoms with Crippen LogP contribution in [0, 0.1) is 0 Å². The van der Waals surface area contributed by atoms with Crippen LogP contribution in [0.4, 0.5) is 0 Å². The van der Waals surface area contributed by atoms with E-state index in [9.17, 15) is 0 Å². The summed E-state index contributed by atoms with van der Waals surface area (Å²) in [6.07, 6.45) is 0. The number of hydrogen-bond acceptors (Lipinski definition) is 2. The third-order valence-electron chi connectivity index (χ3n) is 2.97. The molecule has 2 rings (SSSR count). The maximum absolute atomic E-state index is 6.13. The lowest BCUT2D eigenvalue weighted by molar-refractivity contribution is 0.304. The van der Waals surface area contributed by atoms with Gasteiger partial charge in [0.05, 0.1) is 4.47 Å². The average molecular weight is 389 g/mol. The van der Waals surface area contributed by atoms with Crippen molar-refractivity contribution in [2.45, 2.75) is 20.1 Å². The highest BCUT2D eigenvalue weighted by Crippen LogP contribution is 2.28. The lowest BCUT2D eigenvalue weighted by Crippen LogP contribution is -2.11. The van der Waals surface area contributed by atoms with Gasteiger partial charge in [0.1, 0.15) is 12.4 Å². The molecule has 5 heteroatoms. The summed E-state index contributed by atoms with van der Waals surface area (Å²) < 4.78 is 6.74. The number of nitrogens with one attached hydrogen (secondary N) is 1. The van der Waals surface area contributed by atoms with E-state index in [1.54, 1.807) is 12.1 Å². The highest BCUT2D eigenvalue weighted by atomic mass is 79.9. The standard InChI is InChI=1S/C16H16BrCl2NO/c1-2-20-9-11-3-6-16(14(17)7-11)21-10-12-4-5-13(18)8-15(12)19/h3-8,20H,2,9-10H2,1H3. The van der Waals surface area contributed by atoms with Crippen molar-refractivity contribution in [3.05, 3.63) is 62.0 Å². The summed E-state index contributed by atoms with van der Waals surface area (Å²) in [6.45, 7) is 4.28. The average Bonchev–Trinajstić information content (AvgIpc) is 2.45. The van der Waals surface area contributed by atoms with Crippen LogP contribution in [0.25, 0.3) is 0 Å². The van der Waals surface area contributed by atoms with Crippen LogP contribution in [-0.2, 0) is 13.2 Å². The van der Waals surface area contributed by atoms with Crippen molar-refractivity contribution in [3.8, 4) is 5.75 Å². The molecule has 0 spiro atoms. The normalized spacial score (nSPS) is 10.7. The molecule has 112 valence electrons. The van der Waals surface area contributed by atoms with Crippen LogP contribution in [-0.4, -0.2) is 6.54 Å². The van der Waals surface area contributed by atoms with E-state index in [0.29, 0.717) is 16.7 Å². The zero-order valence-electron chi connectivity index (χ0n) is 11.6. The summed E-state index contributed by atoms with van der Waals surface area (Å²) in [5.41, 5.74) is 2.12. The van der Waals surface area contributed by atoms with Gasteiger partial charge in [0.2, 0.25) is 0 Å². The van der Waals surface area contributed by atoms with Crippen molar-refractivity contribution in [3.63, 3.8) is 0 Å². The van der Waals surface area contributed by atoms with Gasteiger partial charge in [-0.2, -0.15) is 0 Å². The minimum Gasteiger partial charge on any atom is -0.488 e. The fourth-order valence-electron chi connectivity index (χ4n) is 1.83. The SMILES string of the molecule is CCNCc1ccc(OCc2ccc(Cl)cc2Cl)c(Br)c1. The van der Waals surface area contributed by atoms with Crippen molar-refractivity contribution in [2.75, 3.05) is 6.54 Å². The fourth-order valence-corrected chi connectivity index (χ4v) is 2.84. The second kappa shape index (κ2) is 8.04. The predicted molar refractivity (Wildman–Crippen MR) is 92.3 cm³/mol. The van der Waals surface area contributed by atoms with Gasteiger partial charge in [-0.3, -0.25) is 0 Å². The van der Waals surface area contributed by atoms with Crippen LogP contribution >= 0.6 is 39.1 Å². The molecular weight excluding hydrogens is 373 g/mol. The summed E-state index contributed by atoms with van der Waals surface area (Å²) in [5.74, 6) is 0.793. The fraction of sp³-hybridized carbons (Fsp3) is 0.250. The minimum absolute atomic E-state index is 0.404. The third-order valence-corrected chi connectivity index (χ3v) is 4.18. The van der Waals surface area contributed by atoms with Gasteiger partial charge in [-0.1, -0.05) is 42.3 Å². The highest BCUT2D eigenvalue weighted by Gasteiger charge is 2.06. The first-order valence-electron chi connectivity index (χ1n) is 6.66. The summed E-state index contributed by atoms with van der Waals surface area (Å²) in [6, 6.07) is 11.5. The molecule has 21 heavy (non-hydrogen) atoms. The second-order valence-electron chi connectivity index (χ2n) is 4.57. The molecule has 1 N–H and O–H groups in total. The highest BCUT2D eigenvalue weighted by molar-refractivity contribution is 9.10. The van der Waals surface area contributed by atoms with Crippen LogP contribution < -0.4 is 10.1 Å². The van der Waals surface area contributed by atoms with E-state index in [0.717, 1.165) is 28.9 Å². The monoisotopic (exact) mass is 387 g/mol. The molecule has 0 amide bonds. The van der Waals surface area contributed by atoms with Gasteiger partial charge in [0, 0.05) is 22.2 Å². The van der Waals surface area contributed by atoms with Crippen molar-refractivity contribution in [1.29, 1.82) is 0 Å². The Bertz CT molecular complexity index is 619. The first-order valence-corrected chi connectivity index (χ1v) is 8.21. The molecular formula is C16H16BrCl2NO. The van der Waals surface area contributed by atoms with E-state index in [4.69, 9.17) is 27.9 Å². The Hall–Kier alpha value is -0.740. The molecule has 0 fully saturated rings. The Balaban J connectivity index is 2.02. The number of rotatable bonds is 6. The van der Waals surface area contributed by atoms with E-state index in [-0.39, 0.29) is 0 Å². The van der Waals surface area contributed by atoms with E-state index in [1.807, 2.05) is 18.2 Å². The molecule has 0 atom stereocenters. The summed E-state index contributed by atoms with van der Waals surface area (Å²) in [5, 5.41) is 4.53. The zero-order chi connectivity index (χ0) is 15.2. The predicted octanol–water partition coefficient (Wildman–Crippen LogP) is 5.44. The third kappa shape index (κ3) is 4.89. The molecule has 0 saturated carbocycles. The van der Waals surface area contributed by atoms with Gasteiger partial charge in [0.25, 0.3) is 0 Å². The van der Waals surface area contributed by atoms with E-state index in [2.05, 4.69) is 34.2 Å². The topological polar surface area (TPSA) is 21.3 Å². The molecule has 0 unspecified atom stereocenters. The maximum Gasteiger partial charge on any atom is 0.134 e. The summed E-state index contributed by atoms with van der Waals surface area (Å²) in [4.78, 5) is 0. The molecule has 2 aromatic carbocycles. The van der Waals surface area contributed by atoms with Crippen molar-refractivity contribution >= 4 is 39.1 Å². The van der Waals surface area contributed by atoms with Crippen molar-refractivity contribution < 1.29 is 4.74 Å². The number of hydrogen-bond donors (Lipinski definition) is 1. The van der Waals surface area contributed by atoms with E-state index >= 15 is 0 Å². The first kappa shape index (κ1) is 16.6. The van der Waals surface area contributed by atoms with Crippen molar-refractivity contribution in [2.24, 2.45) is 0 Å². The minimum atomic E-state index is 0.404. The molecule has 0 radical (unpaired) electrons. The van der Waals surface area contributed by atoms with Gasteiger partial charge >= 0.3 is 0 Å². The van der Waals surface area contributed by atoms with Crippen LogP contribution in [0.3, 0.4) is 0 Å². The van der Waals surface area contributed by atoms with Gasteiger partial charge in [0.15, 0.2) is 0 Å². The Morgan fingerprint density at radius 1 is 1.14 bits per heavy atom. The van der Waals surface area contributed by atoms with Crippen LogP contribution in [0.1, 0.15) is 18.1 Å². The first-order chi connectivity index (χ1) is 10.1. The Morgan fingerprint density at radius 3 is 2.62 bits per heavy atom.